The van der Waals surface area contributed by atoms with E-state index in [2.05, 4.69) is 10.6 Å². The van der Waals surface area contributed by atoms with Crippen LogP contribution in [0.25, 0.3) is 0 Å². The first-order valence-corrected chi connectivity index (χ1v) is 10.1. The Hall–Kier alpha value is -0.970. The lowest BCUT2D eigenvalue weighted by Gasteiger charge is -2.23. The molecule has 7 N–H and O–H groups in total. The van der Waals surface area contributed by atoms with Crippen LogP contribution in [0.15, 0.2) is 0 Å². The summed E-state index contributed by atoms with van der Waals surface area (Å²) in [4.78, 5) is 68.9. The van der Waals surface area contributed by atoms with Gasteiger partial charge in [0.25, 0.3) is 0 Å². The fourth-order valence-electron chi connectivity index (χ4n) is 1.56. The highest BCUT2D eigenvalue weighted by Gasteiger charge is 2.36. The second-order valence-electron chi connectivity index (χ2n) is 4.66. The summed E-state index contributed by atoms with van der Waals surface area (Å²) < 4.78 is 22.6. The number of carbonyl (C=O) groups excluding carboxylic acids is 3. The topological polar surface area (TPSA) is 202 Å². The average molecular weight is 389 g/mol. The maximum atomic E-state index is 11.9. The zero-order chi connectivity index (χ0) is 18.8. The number of hydrogen-bond acceptors (Lipinski definition) is 7. The van der Waals surface area contributed by atoms with Gasteiger partial charge in [-0.15, -0.1) is 0 Å². The lowest BCUT2D eigenvalue weighted by molar-refractivity contribution is -0.121. The molecule has 1 amide bonds. The smallest absolute Gasteiger partial charge is 0.351 e. The highest BCUT2D eigenvalue weighted by atomic mass is 31.2. The standard InChI is InChI=1S/C10H21N3O9P2/c14-5-1-3-11-8(23(17,18)19)7-13-9(16)10(24(20,21)22)12-4-2-6-15/h5-6,8,10-12H,1-4,7H2,(H,13,16)(H2,17,18,19)(H2,20,21,22). The molecule has 0 fully saturated rings. The Kier molecular flexibility index (Phi) is 10.4. The Morgan fingerprint density at radius 2 is 1.42 bits per heavy atom. The van der Waals surface area contributed by atoms with Gasteiger partial charge >= 0.3 is 15.2 Å². The molecule has 0 rings (SSSR count). The van der Waals surface area contributed by atoms with Crippen LogP contribution in [0, 0.1) is 0 Å². The van der Waals surface area contributed by atoms with Gasteiger partial charge in [0.15, 0.2) is 5.78 Å². The number of nitrogens with one attached hydrogen (secondary N) is 3. The van der Waals surface area contributed by atoms with E-state index in [9.17, 15) is 23.5 Å². The summed E-state index contributed by atoms with van der Waals surface area (Å²) in [6.07, 6.45) is 0.927. The molecule has 24 heavy (non-hydrogen) atoms. The van der Waals surface area contributed by atoms with Crippen molar-refractivity contribution in [2.24, 2.45) is 0 Å². The van der Waals surface area contributed by atoms with Gasteiger partial charge in [0.1, 0.15) is 18.4 Å². The van der Waals surface area contributed by atoms with Gasteiger partial charge in [0, 0.05) is 32.5 Å². The molecule has 0 aromatic rings. The minimum atomic E-state index is -4.90. The molecular formula is C10H21N3O9P2. The molecule has 0 aromatic carbocycles. The minimum absolute atomic E-state index is 0.0111. The summed E-state index contributed by atoms with van der Waals surface area (Å²) in [5.74, 6) is -4.65. The Morgan fingerprint density at radius 3 is 1.83 bits per heavy atom. The predicted molar refractivity (Wildman–Crippen MR) is 82.0 cm³/mol. The van der Waals surface area contributed by atoms with Crippen molar-refractivity contribution in [2.75, 3.05) is 19.6 Å². The first-order valence-electron chi connectivity index (χ1n) is 6.76. The number of amides is 1. The maximum absolute atomic E-state index is 11.9. The van der Waals surface area contributed by atoms with Crippen molar-refractivity contribution in [2.45, 2.75) is 24.4 Å². The number of hydrogen-bond donors (Lipinski definition) is 7. The first-order chi connectivity index (χ1) is 11.0. The highest BCUT2D eigenvalue weighted by Crippen LogP contribution is 2.41. The monoisotopic (exact) mass is 389 g/mol. The third-order valence-corrected chi connectivity index (χ3v) is 4.97. The molecule has 0 aromatic heterocycles. The van der Waals surface area contributed by atoms with Crippen molar-refractivity contribution in [3.8, 4) is 0 Å². The van der Waals surface area contributed by atoms with E-state index >= 15 is 0 Å². The van der Waals surface area contributed by atoms with Crippen LogP contribution in [0.3, 0.4) is 0 Å². The van der Waals surface area contributed by atoms with E-state index in [-0.39, 0.29) is 25.9 Å². The molecular weight excluding hydrogens is 368 g/mol. The van der Waals surface area contributed by atoms with E-state index in [4.69, 9.17) is 19.6 Å². The van der Waals surface area contributed by atoms with Gasteiger partial charge in [-0.25, -0.2) is 0 Å². The fourth-order valence-corrected chi connectivity index (χ4v) is 3.02. The Labute approximate surface area is 137 Å². The predicted octanol–water partition coefficient (Wildman–Crippen LogP) is -2.53. The zero-order valence-corrected chi connectivity index (χ0v) is 14.4. The van der Waals surface area contributed by atoms with Crippen LogP contribution in [0.2, 0.25) is 0 Å². The first kappa shape index (κ1) is 23.0. The number of rotatable bonds is 13. The van der Waals surface area contributed by atoms with Crippen LogP contribution in [0.4, 0.5) is 0 Å². The second kappa shape index (κ2) is 10.8. The Morgan fingerprint density at radius 1 is 0.917 bits per heavy atom. The zero-order valence-electron chi connectivity index (χ0n) is 12.6. The van der Waals surface area contributed by atoms with Crippen molar-refractivity contribution in [1.82, 2.24) is 16.0 Å². The molecule has 0 aliphatic carbocycles. The van der Waals surface area contributed by atoms with Gasteiger partial charge in [-0.3, -0.25) is 19.2 Å². The van der Waals surface area contributed by atoms with E-state index in [1.165, 1.54) is 0 Å². The largest absolute Gasteiger partial charge is 0.352 e. The molecule has 14 heteroatoms. The van der Waals surface area contributed by atoms with E-state index in [1.807, 2.05) is 5.32 Å². The molecule has 0 bridgehead atoms. The maximum Gasteiger partial charge on any atom is 0.351 e. The third kappa shape index (κ3) is 9.36. The van der Waals surface area contributed by atoms with E-state index in [0.29, 0.717) is 12.6 Å². The molecule has 0 aliphatic heterocycles. The number of aldehydes is 2. The molecule has 2 unspecified atom stereocenters. The summed E-state index contributed by atoms with van der Waals surface area (Å²) in [5.41, 5.74) is 0. The average Bonchev–Trinajstić information content (AvgIpc) is 2.44. The molecule has 140 valence electrons. The molecule has 0 saturated heterocycles. The van der Waals surface area contributed by atoms with Crippen LogP contribution >= 0.6 is 15.2 Å². The molecule has 2 atom stereocenters. The molecule has 12 nitrogen and oxygen atoms in total. The van der Waals surface area contributed by atoms with Crippen LogP contribution in [-0.2, 0) is 23.5 Å². The summed E-state index contributed by atoms with van der Waals surface area (Å²) in [6, 6.07) is 0. The van der Waals surface area contributed by atoms with Crippen molar-refractivity contribution in [3.05, 3.63) is 0 Å². The molecule has 0 spiro atoms. The molecule has 0 radical (unpaired) electrons. The molecule has 0 aliphatic rings. The normalized spacial score (nSPS) is 14.7. The van der Waals surface area contributed by atoms with Crippen molar-refractivity contribution in [3.63, 3.8) is 0 Å². The van der Waals surface area contributed by atoms with E-state index < -0.39 is 39.2 Å². The Bertz CT molecular complexity index is 518. The van der Waals surface area contributed by atoms with Gasteiger partial charge in [-0.2, -0.15) is 0 Å². The number of carbonyl (C=O) groups is 3. The second-order valence-corrected chi connectivity index (χ2v) is 8.16. The van der Waals surface area contributed by atoms with E-state index in [1.54, 1.807) is 0 Å². The highest BCUT2D eigenvalue weighted by molar-refractivity contribution is 7.53. The van der Waals surface area contributed by atoms with Crippen molar-refractivity contribution in [1.29, 1.82) is 0 Å². The van der Waals surface area contributed by atoms with Crippen molar-refractivity contribution >= 4 is 33.7 Å². The summed E-state index contributed by atoms with van der Waals surface area (Å²) >= 11 is 0. The van der Waals surface area contributed by atoms with Gasteiger partial charge in [0.05, 0.1) is 0 Å². The van der Waals surface area contributed by atoms with Gasteiger partial charge < -0.3 is 39.8 Å². The van der Waals surface area contributed by atoms with Crippen LogP contribution in [0.5, 0.6) is 0 Å². The molecule has 0 saturated carbocycles. The van der Waals surface area contributed by atoms with Crippen LogP contribution in [-0.4, -0.2) is 69.3 Å². The van der Waals surface area contributed by atoms with Gasteiger partial charge in [-0.05, 0) is 0 Å². The Balaban J connectivity index is 4.80. The van der Waals surface area contributed by atoms with Crippen LogP contribution < -0.4 is 16.0 Å². The summed E-state index contributed by atoms with van der Waals surface area (Å²) in [5, 5.41) is 6.61. The van der Waals surface area contributed by atoms with E-state index in [0.717, 1.165) is 0 Å². The minimum Gasteiger partial charge on any atom is -0.352 e. The van der Waals surface area contributed by atoms with Gasteiger partial charge in [-0.1, -0.05) is 0 Å². The van der Waals surface area contributed by atoms with Crippen molar-refractivity contribution < 1.29 is 43.1 Å². The SMILES string of the molecule is O=CCCNC(CNC(=O)C(NCCC=O)P(=O)(O)O)P(=O)(O)O. The lowest BCUT2D eigenvalue weighted by atomic mass is 10.4. The summed E-state index contributed by atoms with van der Waals surface area (Å²) in [6.45, 7) is -0.825. The third-order valence-electron chi connectivity index (χ3n) is 2.70. The molecule has 0 heterocycles. The van der Waals surface area contributed by atoms with Crippen LogP contribution in [0.1, 0.15) is 12.8 Å². The quantitative estimate of drug-likeness (QED) is 0.0994. The summed E-state index contributed by atoms with van der Waals surface area (Å²) in [7, 11) is -9.57. The van der Waals surface area contributed by atoms with Gasteiger partial charge in [0.2, 0.25) is 5.91 Å². The lowest BCUT2D eigenvalue weighted by Crippen LogP contribution is -2.48. The fraction of sp³-hybridized carbons (Fsp3) is 0.700.